The Morgan fingerprint density at radius 2 is 2.11 bits per heavy atom. The maximum absolute atomic E-state index is 11.2. The highest BCUT2D eigenvalue weighted by molar-refractivity contribution is 7.88. The molecular formula is C10H16N4O4S. The van der Waals surface area contributed by atoms with E-state index in [1.165, 1.54) is 18.3 Å². The highest BCUT2D eigenvalue weighted by Gasteiger charge is 2.22. The van der Waals surface area contributed by atoms with Crippen LogP contribution in [-0.4, -0.2) is 36.7 Å². The van der Waals surface area contributed by atoms with E-state index in [0.717, 1.165) is 6.26 Å². The lowest BCUT2D eigenvalue weighted by Crippen LogP contribution is -2.47. The Hall–Kier alpha value is -1.74. The van der Waals surface area contributed by atoms with Gasteiger partial charge in [0.2, 0.25) is 10.0 Å². The van der Waals surface area contributed by atoms with Crippen LogP contribution in [0.1, 0.15) is 13.8 Å². The lowest BCUT2D eigenvalue weighted by molar-refractivity contribution is -0.384. The van der Waals surface area contributed by atoms with Crippen molar-refractivity contribution in [3.63, 3.8) is 0 Å². The lowest BCUT2D eigenvalue weighted by Gasteiger charge is -2.25. The molecule has 106 valence electrons. The van der Waals surface area contributed by atoms with E-state index in [1.807, 2.05) is 0 Å². The minimum atomic E-state index is -3.33. The van der Waals surface area contributed by atoms with Gasteiger partial charge in [0.15, 0.2) is 0 Å². The van der Waals surface area contributed by atoms with Gasteiger partial charge >= 0.3 is 0 Å². The molecule has 0 atom stereocenters. The summed E-state index contributed by atoms with van der Waals surface area (Å²) < 4.78 is 24.8. The fourth-order valence-electron chi connectivity index (χ4n) is 1.48. The van der Waals surface area contributed by atoms with Crippen LogP contribution >= 0.6 is 0 Å². The number of sulfonamides is 1. The van der Waals surface area contributed by atoms with Crippen LogP contribution in [0.25, 0.3) is 0 Å². The van der Waals surface area contributed by atoms with Crippen molar-refractivity contribution in [2.75, 3.05) is 18.1 Å². The molecule has 0 radical (unpaired) electrons. The van der Waals surface area contributed by atoms with Crippen molar-refractivity contribution in [1.29, 1.82) is 0 Å². The molecule has 0 aromatic carbocycles. The van der Waals surface area contributed by atoms with Crippen LogP contribution in [0.2, 0.25) is 0 Å². The summed E-state index contributed by atoms with van der Waals surface area (Å²) in [5.41, 5.74) is -0.814. The number of aromatic nitrogens is 1. The first-order valence-corrected chi connectivity index (χ1v) is 7.31. The number of pyridine rings is 1. The third kappa shape index (κ3) is 5.62. The van der Waals surface area contributed by atoms with Crippen LogP contribution in [-0.2, 0) is 10.0 Å². The molecule has 8 nitrogen and oxygen atoms in total. The normalized spacial score (nSPS) is 12.2. The molecule has 0 aliphatic carbocycles. The van der Waals surface area contributed by atoms with Crippen molar-refractivity contribution in [1.82, 2.24) is 9.71 Å². The molecule has 0 unspecified atom stereocenters. The van der Waals surface area contributed by atoms with Crippen molar-refractivity contribution in [2.45, 2.75) is 19.4 Å². The zero-order chi connectivity index (χ0) is 14.7. The predicted molar refractivity (Wildman–Crippen MR) is 71.4 cm³/mol. The van der Waals surface area contributed by atoms with Gasteiger partial charge in [0, 0.05) is 24.3 Å². The molecule has 0 amide bonds. The summed E-state index contributed by atoms with van der Waals surface area (Å²) in [5.74, 6) is 0.317. The molecule has 1 aromatic heterocycles. The molecule has 1 rings (SSSR count). The molecule has 19 heavy (non-hydrogen) atoms. The first kappa shape index (κ1) is 15.3. The Balaban J connectivity index is 2.71. The van der Waals surface area contributed by atoms with E-state index in [2.05, 4.69) is 15.0 Å². The van der Waals surface area contributed by atoms with Crippen LogP contribution in [0.15, 0.2) is 18.3 Å². The fourth-order valence-corrected chi connectivity index (χ4v) is 2.56. The standard InChI is InChI=1S/C10H16N4O4S/c1-10(2,13-19(3,17)18)7-12-9-6-8(14(15)16)4-5-11-9/h4-6,13H,7H2,1-3H3,(H,11,12). The van der Waals surface area contributed by atoms with Gasteiger partial charge in [0.05, 0.1) is 17.2 Å². The molecule has 0 aliphatic rings. The topological polar surface area (TPSA) is 114 Å². The summed E-state index contributed by atoms with van der Waals surface area (Å²) in [7, 11) is -3.33. The quantitative estimate of drug-likeness (QED) is 0.589. The van der Waals surface area contributed by atoms with Gasteiger partial charge in [0.1, 0.15) is 5.82 Å². The smallest absolute Gasteiger partial charge is 0.274 e. The average Bonchev–Trinajstić information content (AvgIpc) is 2.24. The second kappa shape index (κ2) is 5.49. The van der Waals surface area contributed by atoms with Gasteiger partial charge in [-0.25, -0.2) is 18.1 Å². The Bertz CT molecular complexity index is 571. The molecule has 0 spiro atoms. The summed E-state index contributed by atoms with van der Waals surface area (Å²) in [6.45, 7) is 3.63. The Kier molecular flexibility index (Phi) is 4.43. The largest absolute Gasteiger partial charge is 0.368 e. The van der Waals surface area contributed by atoms with E-state index in [0.29, 0.717) is 5.82 Å². The van der Waals surface area contributed by atoms with Crippen molar-refractivity contribution < 1.29 is 13.3 Å². The molecule has 9 heteroatoms. The van der Waals surface area contributed by atoms with E-state index in [4.69, 9.17) is 0 Å². The van der Waals surface area contributed by atoms with Crippen molar-refractivity contribution in [2.24, 2.45) is 0 Å². The van der Waals surface area contributed by atoms with E-state index in [-0.39, 0.29) is 12.2 Å². The molecule has 1 heterocycles. The van der Waals surface area contributed by atoms with E-state index in [9.17, 15) is 18.5 Å². The van der Waals surface area contributed by atoms with Crippen LogP contribution < -0.4 is 10.0 Å². The lowest BCUT2D eigenvalue weighted by atomic mass is 10.1. The van der Waals surface area contributed by atoms with Crippen molar-refractivity contribution in [3.8, 4) is 0 Å². The molecule has 1 aromatic rings. The number of hydrogen-bond acceptors (Lipinski definition) is 6. The zero-order valence-electron chi connectivity index (χ0n) is 10.9. The molecule has 2 N–H and O–H groups in total. The predicted octanol–water partition coefficient (Wildman–Crippen LogP) is 0.729. The maximum atomic E-state index is 11.2. The zero-order valence-corrected chi connectivity index (χ0v) is 11.7. The molecule has 0 saturated heterocycles. The summed E-state index contributed by atoms with van der Waals surface area (Å²) in [5, 5.41) is 13.5. The van der Waals surface area contributed by atoms with Crippen LogP contribution in [0.3, 0.4) is 0 Å². The SMILES string of the molecule is CC(C)(CNc1cc([N+](=O)[O-])ccn1)NS(C)(=O)=O. The third-order valence-corrected chi connectivity index (χ3v) is 3.05. The van der Waals surface area contributed by atoms with Crippen LogP contribution in [0.5, 0.6) is 0 Å². The highest BCUT2D eigenvalue weighted by Crippen LogP contribution is 2.15. The molecular weight excluding hydrogens is 272 g/mol. The van der Waals surface area contributed by atoms with Crippen LogP contribution in [0, 0.1) is 10.1 Å². The summed E-state index contributed by atoms with van der Waals surface area (Å²) in [6.07, 6.45) is 2.39. The summed E-state index contributed by atoms with van der Waals surface area (Å²) >= 11 is 0. The second-order valence-electron chi connectivity index (χ2n) is 4.77. The third-order valence-electron chi connectivity index (χ3n) is 2.13. The Morgan fingerprint density at radius 1 is 1.47 bits per heavy atom. The first-order valence-electron chi connectivity index (χ1n) is 5.42. The number of rotatable bonds is 6. The number of hydrogen-bond donors (Lipinski definition) is 2. The summed E-state index contributed by atoms with van der Waals surface area (Å²) in [6, 6.07) is 2.57. The maximum Gasteiger partial charge on any atom is 0.274 e. The molecule has 0 bridgehead atoms. The van der Waals surface area contributed by atoms with E-state index >= 15 is 0 Å². The molecule has 0 aliphatic heterocycles. The Labute approximate surface area is 111 Å². The fraction of sp³-hybridized carbons (Fsp3) is 0.500. The first-order chi connectivity index (χ1) is 8.59. The van der Waals surface area contributed by atoms with Gasteiger partial charge in [-0.05, 0) is 13.8 Å². The van der Waals surface area contributed by atoms with Crippen LogP contribution in [0.4, 0.5) is 11.5 Å². The van der Waals surface area contributed by atoms with Gasteiger partial charge in [-0.1, -0.05) is 0 Å². The average molecular weight is 288 g/mol. The second-order valence-corrected chi connectivity index (χ2v) is 6.52. The number of nitro groups is 1. The van der Waals surface area contributed by atoms with Crippen molar-refractivity contribution >= 4 is 21.5 Å². The van der Waals surface area contributed by atoms with Gasteiger partial charge in [-0.2, -0.15) is 0 Å². The van der Waals surface area contributed by atoms with Gasteiger partial charge in [-0.15, -0.1) is 0 Å². The molecule has 0 fully saturated rings. The monoisotopic (exact) mass is 288 g/mol. The van der Waals surface area contributed by atoms with Crippen molar-refractivity contribution in [3.05, 3.63) is 28.4 Å². The number of nitrogens with one attached hydrogen (secondary N) is 2. The summed E-state index contributed by atoms with van der Waals surface area (Å²) in [4.78, 5) is 14.0. The molecule has 0 saturated carbocycles. The minimum absolute atomic E-state index is 0.0774. The van der Waals surface area contributed by atoms with E-state index < -0.39 is 20.5 Å². The number of nitrogens with zero attached hydrogens (tertiary/aromatic N) is 2. The minimum Gasteiger partial charge on any atom is -0.368 e. The van der Waals surface area contributed by atoms with E-state index in [1.54, 1.807) is 13.8 Å². The van der Waals surface area contributed by atoms with Gasteiger partial charge in [-0.3, -0.25) is 10.1 Å². The Morgan fingerprint density at radius 3 is 2.63 bits per heavy atom. The highest BCUT2D eigenvalue weighted by atomic mass is 32.2. The number of anilines is 1. The van der Waals surface area contributed by atoms with Gasteiger partial charge < -0.3 is 5.32 Å². The van der Waals surface area contributed by atoms with Gasteiger partial charge in [0.25, 0.3) is 5.69 Å².